The van der Waals surface area contributed by atoms with Gasteiger partial charge in [-0.05, 0) is 0 Å². The summed E-state index contributed by atoms with van der Waals surface area (Å²) in [6.07, 6.45) is 8.82. The monoisotopic (exact) mass is 199 g/mol. The SMILES string of the molecule is C=C/C=C\NC(C)C1=BCC(C(=C)C)=C1. The van der Waals surface area contributed by atoms with Crippen molar-refractivity contribution in [1.29, 1.82) is 0 Å². The second-order valence-corrected chi connectivity index (χ2v) is 3.84. The summed E-state index contributed by atoms with van der Waals surface area (Å²) in [5.41, 5.74) is 3.84. The second-order valence-electron chi connectivity index (χ2n) is 3.84. The first-order chi connectivity index (χ1) is 7.15. The molecule has 0 spiro atoms. The van der Waals surface area contributed by atoms with Crippen LogP contribution in [-0.4, -0.2) is 18.4 Å². The van der Waals surface area contributed by atoms with E-state index >= 15 is 0 Å². The van der Waals surface area contributed by atoms with Crippen molar-refractivity contribution < 1.29 is 0 Å². The van der Waals surface area contributed by atoms with E-state index in [2.05, 4.69) is 45.3 Å². The third-order valence-corrected chi connectivity index (χ3v) is 2.53. The first kappa shape index (κ1) is 11.8. The van der Waals surface area contributed by atoms with Gasteiger partial charge < -0.3 is 0 Å². The van der Waals surface area contributed by atoms with Gasteiger partial charge in [0.25, 0.3) is 0 Å². The summed E-state index contributed by atoms with van der Waals surface area (Å²) in [5, 5.41) is 3.29. The van der Waals surface area contributed by atoms with Crippen molar-refractivity contribution in [1.82, 2.24) is 5.32 Å². The van der Waals surface area contributed by atoms with Gasteiger partial charge in [-0.2, -0.15) is 0 Å². The van der Waals surface area contributed by atoms with Crippen molar-refractivity contribution in [3.05, 3.63) is 48.7 Å². The Morgan fingerprint density at radius 3 is 2.93 bits per heavy atom. The van der Waals surface area contributed by atoms with Crippen LogP contribution >= 0.6 is 0 Å². The Kier molecular flexibility index (Phi) is 4.35. The van der Waals surface area contributed by atoms with E-state index in [-0.39, 0.29) is 0 Å². The van der Waals surface area contributed by atoms with E-state index in [1.54, 1.807) is 6.08 Å². The topological polar surface area (TPSA) is 12.0 Å². The van der Waals surface area contributed by atoms with E-state index in [0.29, 0.717) is 6.04 Å². The molecule has 1 rings (SSSR count). The summed E-state index contributed by atoms with van der Waals surface area (Å²) < 4.78 is 0. The molecule has 0 aromatic rings. The molecule has 1 aliphatic heterocycles. The summed E-state index contributed by atoms with van der Waals surface area (Å²) in [4.78, 5) is 0. The standard InChI is InChI=1S/C13H18BN/c1-5-6-7-15-11(4)13-8-12(9-14-13)10(2)3/h5-8,11,15H,1-2,9H2,3-4H3/b7-6-. The number of allylic oxidation sites excluding steroid dienone is 4. The fourth-order valence-electron chi connectivity index (χ4n) is 1.51. The van der Waals surface area contributed by atoms with Gasteiger partial charge in [-0.15, -0.1) is 0 Å². The first-order valence-electron chi connectivity index (χ1n) is 5.25. The summed E-state index contributed by atoms with van der Waals surface area (Å²) in [6.45, 7) is 14.0. The predicted octanol–water partition coefficient (Wildman–Crippen LogP) is 2.48. The van der Waals surface area contributed by atoms with Crippen molar-refractivity contribution in [2.75, 3.05) is 0 Å². The maximum absolute atomic E-state index is 3.96. The molecule has 1 unspecified atom stereocenters. The molecule has 0 bridgehead atoms. The van der Waals surface area contributed by atoms with Gasteiger partial charge in [0.2, 0.25) is 0 Å². The molecule has 1 aliphatic rings. The van der Waals surface area contributed by atoms with Crippen molar-refractivity contribution in [2.45, 2.75) is 26.2 Å². The van der Waals surface area contributed by atoms with Crippen molar-refractivity contribution >= 4 is 12.4 Å². The van der Waals surface area contributed by atoms with Crippen LogP contribution in [0.3, 0.4) is 0 Å². The van der Waals surface area contributed by atoms with Crippen LogP contribution in [0.15, 0.2) is 48.7 Å². The second kappa shape index (κ2) is 5.55. The normalized spacial score (nSPS) is 16.7. The Hall–Kier alpha value is -1.31. The van der Waals surface area contributed by atoms with Gasteiger partial charge in [0.1, 0.15) is 0 Å². The van der Waals surface area contributed by atoms with Gasteiger partial charge in [-0.25, -0.2) is 0 Å². The Labute approximate surface area is 93.2 Å². The van der Waals surface area contributed by atoms with Crippen LogP contribution in [0.25, 0.3) is 0 Å². The minimum absolute atomic E-state index is 0.345. The number of nitrogens with one attached hydrogen (secondary N) is 1. The zero-order valence-electron chi connectivity index (χ0n) is 9.59. The fourth-order valence-corrected chi connectivity index (χ4v) is 1.51. The van der Waals surface area contributed by atoms with E-state index in [1.807, 2.05) is 12.3 Å². The minimum atomic E-state index is 0.345. The third-order valence-electron chi connectivity index (χ3n) is 2.53. The van der Waals surface area contributed by atoms with Crippen LogP contribution < -0.4 is 5.32 Å². The van der Waals surface area contributed by atoms with Gasteiger partial charge in [-0.3, -0.25) is 0 Å². The number of hydrogen-bond donors (Lipinski definition) is 1. The molecule has 15 heavy (non-hydrogen) atoms. The molecule has 0 saturated heterocycles. The van der Waals surface area contributed by atoms with E-state index < -0.39 is 0 Å². The van der Waals surface area contributed by atoms with Crippen molar-refractivity contribution in [3.63, 3.8) is 0 Å². The van der Waals surface area contributed by atoms with Crippen LogP contribution in [0.5, 0.6) is 0 Å². The molecule has 0 amide bonds. The average molecular weight is 199 g/mol. The Bertz CT molecular complexity index is 348. The summed E-state index contributed by atoms with van der Waals surface area (Å²) in [5.74, 6) is 0. The molecule has 1 atom stereocenters. The van der Waals surface area contributed by atoms with Gasteiger partial charge in [-0.1, -0.05) is 0 Å². The summed E-state index contributed by atoms with van der Waals surface area (Å²) in [6, 6.07) is 0.345. The average Bonchev–Trinajstić information content (AvgIpc) is 2.66. The zero-order chi connectivity index (χ0) is 11.3. The molecule has 0 saturated carbocycles. The fraction of sp³-hybridized carbons (Fsp3) is 0.308. The Balaban J connectivity index is 2.55. The van der Waals surface area contributed by atoms with Crippen LogP contribution in [0.2, 0.25) is 6.32 Å². The molecule has 1 nitrogen and oxygen atoms in total. The van der Waals surface area contributed by atoms with Gasteiger partial charge in [0.05, 0.1) is 0 Å². The Morgan fingerprint density at radius 1 is 1.67 bits per heavy atom. The summed E-state index contributed by atoms with van der Waals surface area (Å²) in [7, 11) is 0. The van der Waals surface area contributed by atoms with Crippen LogP contribution in [0.4, 0.5) is 0 Å². The molecule has 0 fully saturated rings. The molecule has 78 valence electrons. The molecule has 0 radical (unpaired) electrons. The molecule has 0 aromatic carbocycles. The third kappa shape index (κ3) is 3.39. The van der Waals surface area contributed by atoms with Gasteiger partial charge in [0.15, 0.2) is 0 Å². The van der Waals surface area contributed by atoms with Gasteiger partial charge in [0, 0.05) is 0 Å². The predicted molar refractivity (Wildman–Crippen MR) is 70.4 cm³/mol. The molecule has 1 heterocycles. The molecule has 0 aromatic heterocycles. The zero-order valence-corrected chi connectivity index (χ0v) is 9.59. The molecule has 1 N–H and O–H groups in total. The van der Waals surface area contributed by atoms with E-state index in [4.69, 9.17) is 0 Å². The van der Waals surface area contributed by atoms with Crippen LogP contribution in [0, 0.1) is 0 Å². The molecule has 2 heteroatoms. The number of rotatable bonds is 5. The quantitative estimate of drug-likeness (QED) is 0.529. The van der Waals surface area contributed by atoms with Crippen LogP contribution in [0.1, 0.15) is 13.8 Å². The summed E-state index contributed by atoms with van der Waals surface area (Å²) >= 11 is 0. The Morgan fingerprint density at radius 2 is 2.40 bits per heavy atom. The van der Waals surface area contributed by atoms with Crippen molar-refractivity contribution in [2.24, 2.45) is 0 Å². The van der Waals surface area contributed by atoms with Gasteiger partial charge >= 0.3 is 92.6 Å². The molecular weight excluding hydrogens is 181 g/mol. The number of hydrogen-bond acceptors (Lipinski definition) is 1. The first-order valence-corrected chi connectivity index (χ1v) is 5.25. The van der Waals surface area contributed by atoms with Crippen molar-refractivity contribution in [3.8, 4) is 0 Å². The van der Waals surface area contributed by atoms with Crippen LogP contribution in [-0.2, 0) is 0 Å². The maximum atomic E-state index is 3.96. The van der Waals surface area contributed by atoms with E-state index in [0.717, 1.165) is 11.9 Å². The van der Waals surface area contributed by atoms with E-state index in [1.165, 1.54) is 11.0 Å². The molecular formula is C13H18BN. The molecule has 0 aliphatic carbocycles. The van der Waals surface area contributed by atoms with E-state index in [9.17, 15) is 0 Å².